The Morgan fingerprint density at radius 2 is 1.83 bits per heavy atom. The van der Waals surface area contributed by atoms with Gasteiger partial charge in [-0.3, -0.25) is 14.3 Å². The molecule has 7 nitrogen and oxygen atoms in total. The van der Waals surface area contributed by atoms with Crippen molar-refractivity contribution in [2.24, 2.45) is 14.1 Å². The topological polar surface area (TPSA) is 69.4 Å². The predicted molar refractivity (Wildman–Crippen MR) is 105 cm³/mol. The Balaban J connectivity index is 1.42. The highest BCUT2D eigenvalue weighted by Crippen LogP contribution is 2.23. The van der Waals surface area contributed by atoms with E-state index in [0.717, 1.165) is 11.3 Å². The van der Waals surface area contributed by atoms with Gasteiger partial charge in [0.25, 0.3) is 11.5 Å². The van der Waals surface area contributed by atoms with Crippen molar-refractivity contribution < 1.29 is 13.9 Å². The van der Waals surface area contributed by atoms with Crippen LogP contribution in [0.1, 0.15) is 16.2 Å². The number of likely N-dealkylation sites (tertiary alicyclic amines) is 1. The molecule has 150 valence electrons. The molecular formula is C21H21FN4O3. The average Bonchev–Trinajstić information content (AvgIpc) is 3.04. The van der Waals surface area contributed by atoms with Crippen molar-refractivity contribution >= 4 is 5.91 Å². The maximum absolute atomic E-state index is 13.1. The highest BCUT2D eigenvalue weighted by molar-refractivity contribution is 5.94. The van der Waals surface area contributed by atoms with E-state index in [2.05, 4.69) is 5.10 Å². The second kappa shape index (κ2) is 7.20. The van der Waals surface area contributed by atoms with E-state index in [0.29, 0.717) is 30.2 Å². The zero-order chi connectivity index (χ0) is 20.7. The van der Waals surface area contributed by atoms with Crippen LogP contribution >= 0.6 is 0 Å². The Bertz CT molecular complexity index is 1130. The Morgan fingerprint density at radius 3 is 2.48 bits per heavy atom. The van der Waals surface area contributed by atoms with E-state index in [-0.39, 0.29) is 23.4 Å². The summed E-state index contributed by atoms with van der Waals surface area (Å²) in [4.78, 5) is 26.3. The van der Waals surface area contributed by atoms with Gasteiger partial charge in [-0.05, 0) is 43.3 Å². The van der Waals surface area contributed by atoms with Crippen molar-refractivity contribution in [3.63, 3.8) is 0 Å². The van der Waals surface area contributed by atoms with Crippen molar-refractivity contribution in [2.45, 2.75) is 13.0 Å². The highest BCUT2D eigenvalue weighted by Gasteiger charge is 2.34. The number of carbonyl (C=O) groups is 1. The third-order valence-corrected chi connectivity index (χ3v) is 5.15. The van der Waals surface area contributed by atoms with Gasteiger partial charge in [-0.25, -0.2) is 4.39 Å². The van der Waals surface area contributed by atoms with E-state index in [1.54, 1.807) is 41.8 Å². The molecule has 3 heterocycles. The van der Waals surface area contributed by atoms with E-state index in [9.17, 15) is 14.0 Å². The number of ether oxygens (including phenoxy) is 1. The molecule has 0 saturated carbocycles. The quantitative estimate of drug-likeness (QED) is 0.678. The monoisotopic (exact) mass is 396 g/mol. The second-order valence-corrected chi connectivity index (χ2v) is 7.22. The summed E-state index contributed by atoms with van der Waals surface area (Å²) in [6.07, 6.45) is -0.157. The molecule has 2 aromatic heterocycles. The van der Waals surface area contributed by atoms with Crippen LogP contribution in [-0.4, -0.2) is 44.3 Å². The fourth-order valence-electron chi connectivity index (χ4n) is 3.27. The first kappa shape index (κ1) is 18.9. The van der Waals surface area contributed by atoms with Gasteiger partial charge in [0.15, 0.2) is 0 Å². The zero-order valence-electron chi connectivity index (χ0n) is 16.4. The van der Waals surface area contributed by atoms with Crippen molar-refractivity contribution in [3.8, 4) is 17.0 Å². The number of amides is 1. The van der Waals surface area contributed by atoms with Crippen LogP contribution in [0.3, 0.4) is 0 Å². The average molecular weight is 396 g/mol. The summed E-state index contributed by atoms with van der Waals surface area (Å²) in [5, 5.41) is 4.37. The third-order valence-electron chi connectivity index (χ3n) is 5.15. The molecule has 0 atom stereocenters. The smallest absolute Gasteiger partial charge is 0.272 e. The SMILES string of the molecule is Cc1cc(OC2CN(C(=O)c3cc(-c4ccc(F)cc4)nn3C)C2)cc(=O)n1C. The summed E-state index contributed by atoms with van der Waals surface area (Å²) in [6.45, 7) is 2.71. The lowest BCUT2D eigenvalue weighted by Gasteiger charge is -2.38. The summed E-state index contributed by atoms with van der Waals surface area (Å²) in [5.41, 5.74) is 2.48. The van der Waals surface area contributed by atoms with Crippen LogP contribution in [0.25, 0.3) is 11.3 Å². The third kappa shape index (κ3) is 3.65. The lowest BCUT2D eigenvalue weighted by atomic mass is 10.1. The van der Waals surface area contributed by atoms with Gasteiger partial charge >= 0.3 is 0 Å². The number of nitrogens with zero attached hydrogens (tertiary/aromatic N) is 4. The van der Waals surface area contributed by atoms with Crippen LogP contribution in [0, 0.1) is 12.7 Å². The molecule has 1 fully saturated rings. The molecule has 3 aromatic rings. The van der Waals surface area contributed by atoms with Crippen LogP contribution in [-0.2, 0) is 14.1 Å². The number of hydrogen-bond donors (Lipinski definition) is 0. The number of aromatic nitrogens is 3. The van der Waals surface area contributed by atoms with Crippen molar-refractivity contribution in [2.75, 3.05) is 13.1 Å². The summed E-state index contributed by atoms with van der Waals surface area (Å²) in [6, 6.07) is 10.9. The lowest BCUT2D eigenvalue weighted by Crippen LogP contribution is -2.56. The highest BCUT2D eigenvalue weighted by atomic mass is 19.1. The first-order chi connectivity index (χ1) is 13.8. The first-order valence-corrected chi connectivity index (χ1v) is 9.25. The van der Waals surface area contributed by atoms with Gasteiger partial charge in [0, 0.05) is 31.4 Å². The second-order valence-electron chi connectivity index (χ2n) is 7.22. The molecule has 0 unspecified atom stereocenters. The molecule has 29 heavy (non-hydrogen) atoms. The summed E-state index contributed by atoms with van der Waals surface area (Å²) < 4.78 is 22.0. The number of pyridine rings is 1. The Hall–Kier alpha value is -3.42. The van der Waals surface area contributed by atoms with Gasteiger partial charge in [0.05, 0.1) is 18.8 Å². The number of halogens is 1. The molecule has 1 aliphatic rings. The number of benzene rings is 1. The van der Waals surface area contributed by atoms with E-state index in [1.807, 2.05) is 13.0 Å². The molecule has 1 saturated heterocycles. The minimum absolute atomic E-state index is 0.129. The number of aryl methyl sites for hydroxylation is 2. The van der Waals surface area contributed by atoms with Gasteiger partial charge in [-0.15, -0.1) is 0 Å². The normalized spacial score (nSPS) is 14.0. The Labute approximate surface area is 166 Å². The molecule has 0 spiro atoms. The first-order valence-electron chi connectivity index (χ1n) is 9.25. The van der Waals surface area contributed by atoms with E-state index < -0.39 is 0 Å². The van der Waals surface area contributed by atoms with Gasteiger partial charge in [0.2, 0.25) is 0 Å². The summed E-state index contributed by atoms with van der Waals surface area (Å²) in [7, 11) is 3.41. The molecule has 0 radical (unpaired) electrons. The van der Waals surface area contributed by atoms with Gasteiger partial charge in [0.1, 0.15) is 23.4 Å². The molecule has 4 rings (SSSR count). The van der Waals surface area contributed by atoms with Gasteiger partial charge < -0.3 is 14.2 Å². The van der Waals surface area contributed by atoms with Crippen LogP contribution in [0.15, 0.2) is 47.3 Å². The lowest BCUT2D eigenvalue weighted by molar-refractivity contribution is 0.0168. The predicted octanol–water partition coefficient (Wildman–Crippen LogP) is 2.14. The molecular weight excluding hydrogens is 375 g/mol. The molecule has 8 heteroatoms. The summed E-state index contributed by atoms with van der Waals surface area (Å²) in [5.74, 6) is 0.0502. The number of carbonyl (C=O) groups excluding carboxylic acids is 1. The van der Waals surface area contributed by atoms with E-state index >= 15 is 0 Å². The van der Waals surface area contributed by atoms with Crippen molar-refractivity contribution in [3.05, 3.63) is 70.0 Å². The molecule has 1 aromatic carbocycles. The van der Waals surface area contributed by atoms with E-state index in [4.69, 9.17) is 4.74 Å². The largest absolute Gasteiger partial charge is 0.486 e. The maximum Gasteiger partial charge on any atom is 0.272 e. The van der Waals surface area contributed by atoms with Crippen LogP contribution in [0.4, 0.5) is 4.39 Å². The Kier molecular flexibility index (Phi) is 4.70. The molecule has 0 bridgehead atoms. The fraction of sp³-hybridized carbons (Fsp3) is 0.286. The van der Waals surface area contributed by atoms with Gasteiger partial charge in [-0.2, -0.15) is 5.10 Å². The van der Waals surface area contributed by atoms with Crippen LogP contribution < -0.4 is 10.3 Å². The van der Waals surface area contributed by atoms with Crippen molar-refractivity contribution in [1.29, 1.82) is 0 Å². The minimum Gasteiger partial charge on any atom is -0.486 e. The van der Waals surface area contributed by atoms with E-state index in [1.165, 1.54) is 22.9 Å². The maximum atomic E-state index is 13.1. The Morgan fingerprint density at radius 1 is 1.14 bits per heavy atom. The minimum atomic E-state index is -0.320. The molecule has 1 aliphatic heterocycles. The standard InChI is InChI=1S/C21H21FN4O3/c1-13-8-16(9-20(27)24(13)2)29-17-11-26(12-17)21(28)19-10-18(23-25(19)3)14-4-6-15(22)7-5-14/h4-10,17H,11-12H2,1-3H3. The van der Waals surface area contributed by atoms with Crippen LogP contribution in [0.5, 0.6) is 5.75 Å². The molecule has 1 amide bonds. The number of rotatable bonds is 4. The van der Waals surface area contributed by atoms with Crippen LogP contribution in [0.2, 0.25) is 0 Å². The van der Waals surface area contributed by atoms with Gasteiger partial charge in [-0.1, -0.05) is 0 Å². The molecule has 0 aliphatic carbocycles. The van der Waals surface area contributed by atoms with Crippen molar-refractivity contribution in [1.82, 2.24) is 19.2 Å². The summed E-state index contributed by atoms with van der Waals surface area (Å²) >= 11 is 0. The molecule has 0 N–H and O–H groups in total. The zero-order valence-corrected chi connectivity index (χ0v) is 16.4. The number of hydrogen-bond acceptors (Lipinski definition) is 4. The fourth-order valence-corrected chi connectivity index (χ4v) is 3.27.